The van der Waals surface area contributed by atoms with Crippen molar-refractivity contribution in [2.45, 2.75) is 6.42 Å². The quantitative estimate of drug-likeness (QED) is 0.127. The van der Waals surface area contributed by atoms with Gasteiger partial charge in [-0.25, -0.2) is 9.78 Å². The smallest absolute Gasteiger partial charge is 0.335 e. The Morgan fingerprint density at radius 3 is 2.61 bits per heavy atom. The Labute approximate surface area is 249 Å². The van der Waals surface area contributed by atoms with Crippen molar-refractivity contribution in [2.75, 3.05) is 33.1 Å². The van der Waals surface area contributed by atoms with Crippen molar-refractivity contribution in [3.63, 3.8) is 0 Å². The lowest BCUT2D eigenvalue weighted by atomic mass is 10.0. The van der Waals surface area contributed by atoms with Crippen LogP contribution in [0.3, 0.4) is 0 Å². The molecule has 3 N–H and O–H groups in total. The van der Waals surface area contributed by atoms with Crippen molar-refractivity contribution in [2.24, 2.45) is 0 Å². The number of aromatic carboxylic acids is 1. The van der Waals surface area contributed by atoms with Gasteiger partial charge in [0.05, 0.1) is 41.5 Å². The first-order valence-corrected chi connectivity index (χ1v) is 14.5. The Hall–Kier alpha value is -4.13. The van der Waals surface area contributed by atoms with Crippen molar-refractivity contribution in [3.8, 4) is 28.4 Å². The Morgan fingerprint density at radius 2 is 1.85 bits per heavy atom. The molecule has 0 unspecified atom stereocenters. The van der Waals surface area contributed by atoms with Crippen LogP contribution in [0.1, 0.15) is 22.3 Å². The molecule has 0 radical (unpaired) electrons. The molecular weight excluding hydrogens is 583 g/mol. The molecule has 41 heavy (non-hydrogen) atoms. The van der Waals surface area contributed by atoms with E-state index in [4.69, 9.17) is 37.3 Å². The molecule has 0 spiro atoms. The number of carboxylic acids is 1. The van der Waals surface area contributed by atoms with Crippen LogP contribution in [0.5, 0.6) is 17.2 Å². The number of nitrogen functional groups attached to an aromatic ring is 1. The monoisotopic (exact) mass is 607 g/mol. The number of rotatable bonds is 10. The number of carbonyl (C=O) groups is 2. The molecule has 1 amide bonds. The van der Waals surface area contributed by atoms with E-state index in [-0.39, 0.29) is 18.1 Å². The maximum atomic E-state index is 13.2. The Kier molecular flexibility index (Phi) is 8.43. The number of aromatic nitrogens is 1. The number of nitrogens with zero attached hydrogens (tertiary/aromatic N) is 2. The van der Waals surface area contributed by atoms with Crippen LogP contribution in [0.25, 0.3) is 27.4 Å². The van der Waals surface area contributed by atoms with Crippen LogP contribution in [0.4, 0.5) is 5.13 Å². The van der Waals surface area contributed by atoms with E-state index in [1.54, 1.807) is 18.1 Å². The number of hydrogen-bond donors (Lipinski definition) is 2. The molecule has 0 atom stereocenters. The van der Waals surface area contributed by atoms with Crippen LogP contribution < -0.4 is 19.9 Å². The van der Waals surface area contributed by atoms with Crippen molar-refractivity contribution >= 4 is 72.9 Å². The van der Waals surface area contributed by atoms with Crippen LogP contribution in [0, 0.1) is 0 Å². The summed E-state index contributed by atoms with van der Waals surface area (Å²) < 4.78 is 18.1. The first-order valence-electron chi connectivity index (χ1n) is 12.4. The summed E-state index contributed by atoms with van der Waals surface area (Å²) in [7, 11) is 3.07. The lowest BCUT2D eigenvalue weighted by Crippen LogP contribution is -2.29. The van der Waals surface area contributed by atoms with Gasteiger partial charge in [0.2, 0.25) is 0 Å². The zero-order valence-electron chi connectivity index (χ0n) is 22.1. The van der Waals surface area contributed by atoms with E-state index < -0.39 is 5.97 Å². The van der Waals surface area contributed by atoms with E-state index in [2.05, 4.69) is 4.98 Å². The molecule has 3 aromatic carbocycles. The number of ether oxygens (including phenoxy) is 3. The van der Waals surface area contributed by atoms with E-state index in [9.17, 15) is 9.59 Å². The molecule has 1 aliphatic rings. The molecule has 12 heteroatoms. The highest BCUT2D eigenvalue weighted by molar-refractivity contribution is 8.26. The minimum atomic E-state index is -1.05. The number of thiazole rings is 1. The van der Waals surface area contributed by atoms with Crippen molar-refractivity contribution < 1.29 is 28.9 Å². The van der Waals surface area contributed by atoms with Crippen molar-refractivity contribution in [1.82, 2.24) is 9.88 Å². The van der Waals surface area contributed by atoms with Gasteiger partial charge in [-0.1, -0.05) is 47.4 Å². The number of amides is 1. The topological polar surface area (TPSA) is 124 Å². The predicted molar refractivity (Wildman–Crippen MR) is 166 cm³/mol. The van der Waals surface area contributed by atoms with Gasteiger partial charge in [-0.3, -0.25) is 9.69 Å². The SMILES string of the molecule is COc1cc(C(=O)O)ccc1OCCCN1C(=O)C(=Cc2ccc(OC)c(-c3ccc4nc(N)sc4c3)c2)SC1=S. The predicted octanol–water partition coefficient (Wildman–Crippen LogP) is 5.93. The fourth-order valence-electron chi connectivity index (χ4n) is 4.32. The average molecular weight is 608 g/mol. The molecule has 210 valence electrons. The molecule has 1 aliphatic heterocycles. The lowest BCUT2D eigenvalue weighted by Gasteiger charge is -2.15. The third kappa shape index (κ3) is 6.14. The molecule has 1 fully saturated rings. The van der Waals surface area contributed by atoms with Gasteiger partial charge in [-0.15, -0.1) is 0 Å². The number of thiocarbonyl (C=S) groups is 1. The first-order chi connectivity index (χ1) is 19.8. The van der Waals surface area contributed by atoms with Gasteiger partial charge in [0.15, 0.2) is 16.6 Å². The van der Waals surface area contributed by atoms with Gasteiger partial charge in [0.25, 0.3) is 5.91 Å². The first kappa shape index (κ1) is 28.4. The molecular formula is C29H25N3O6S3. The largest absolute Gasteiger partial charge is 0.496 e. The van der Waals surface area contributed by atoms with Crippen LogP contribution in [-0.4, -0.2) is 58.6 Å². The summed E-state index contributed by atoms with van der Waals surface area (Å²) >= 11 is 8.18. The van der Waals surface area contributed by atoms with Crippen LogP contribution in [0.2, 0.25) is 0 Å². The molecule has 0 saturated carbocycles. The number of carbonyl (C=O) groups excluding carboxylic acids is 1. The standard InChI is InChI=1S/C29H25N3O6S3/c1-36-21-8-4-16(12-19(21)17-5-7-20-24(15-17)40-28(30)31-20)13-25-26(33)32(29(39)41-25)10-3-11-38-22-9-6-18(27(34)35)14-23(22)37-2/h4-9,12-15H,3,10-11H2,1-2H3,(H2,30,31)(H,34,35). The van der Waals surface area contributed by atoms with Crippen LogP contribution >= 0.6 is 35.3 Å². The molecule has 4 aromatic rings. The van der Waals surface area contributed by atoms with Gasteiger partial charge < -0.3 is 25.1 Å². The second kappa shape index (κ2) is 12.2. The molecule has 2 heterocycles. The van der Waals surface area contributed by atoms with E-state index in [0.29, 0.717) is 44.6 Å². The zero-order chi connectivity index (χ0) is 29.1. The number of hydrogen-bond acceptors (Lipinski definition) is 10. The number of fused-ring (bicyclic) bond motifs is 1. The summed E-state index contributed by atoms with van der Waals surface area (Å²) in [5, 5.41) is 9.67. The fraction of sp³-hybridized carbons (Fsp3) is 0.172. The fourth-order valence-corrected chi connectivity index (χ4v) is 6.40. The van der Waals surface area contributed by atoms with Gasteiger partial charge in [-0.2, -0.15) is 0 Å². The average Bonchev–Trinajstić information content (AvgIpc) is 3.47. The van der Waals surface area contributed by atoms with E-state index >= 15 is 0 Å². The summed E-state index contributed by atoms with van der Waals surface area (Å²) in [5.74, 6) is 0.249. The maximum Gasteiger partial charge on any atom is 0.335 e. The highest BCUT2D eigenvalue weighted by Gasteiger charge is 2.31. The minimum Gasteiger partial charge on any atom is -0.496 e. The molecule has 0 bridgehead atoms. The van der Waals surface area contributed by atoms with Crippen LogP contribution in [0.15, 0.2) is 59.5 Å². The third-order valence-corrected chi connectivity index (χ3v) is 8.53. The maximum absolute atomic E-state index is 13.2. The number of nitrogens with two attached hydrogens (primary N) is 1. The summed E-state index contributed by atoms with van der Waals surface area (Å²) in [5.41, 5.74) is 9.50. The zero-order valence-corrected chi connectivity index (χ0v) is 24.5. The highest BCUT2D eigenvalue weighted by Crippen LogP contribution is 2.37. The highest BCUT2D eigenvalue weighted by atomic mass is 32.2. The molecule has 9 nitrogen and oxygen atoms in total. The molecule has 5 rings (SSSR count). The second-order valence-corrected chi connectivity index (χ2v) is 11.6. The minimum absolute atomic E-state index is 0.105. The normalized spacial score (nSPS) is 14.2. The summed E-state index contributed by atoms with van der Waals surface area (Å²) in [6, 6.07) is 16.1. The van der Waals surface area contributed by atoms with Crippen molar-refractivity contribution in [3.05, 3.63) is 70.6 Å². The molecule has 0 aliphatic carbocycles. The van der Waals surface area contributed by atoms with Gasteiger partial charge >= 0.3 is 5.97 Å². The van der Waals surface area contributed by atoms with E-state index in [0.717, 1.165) is 26.9 Å². The number of benzene rings is 3. The number of thioether (sulfide) groups is 1. The second-order valence-electron chi connectivity index (χ2n) is 8.90. The number of carboxylic acid groups (broad SMARTS) is 1. The summed E-state index contributed by atoms with van der Waals surface area (Å²) in [6.07, 6.45) is 2.34. The van der Waals surface area contributed by atoms with Gasteiger partial charge in [0, 0.05) is 12.1 Å². The lowest BCUT2D eigenvalue weighted by molar-refractivity contribution is -0.122. The Morgan fingerprint density at radius 1 is 1.07 bits per heavy atom. The molecule has 1 saturated heterocycles. The van der Waals surface area contributed by atoms with Crippen molar-refractivity contribution in [1.29, 1.82) is 0 Å². The van der Waals surface area contributed by atoms with Gasteiger partial charge in [0.1, 0.15) is 10.1 Å². The Balaban J connectivity index is 1.27. The van der Waals surface area contributed by atoms with Gasteiger partial charge in [-0.05, 0) is 66.1 Å². The number of anilines is 1. The molecule has 1 aromatic heterocycles. The third-order valence-electron chi connectivity index (χ3n) is 6.31. The number of methoxy groups -OCH3 is 2. The Bertz CT molecular complexity index is 1700. The van der Waals surface area contributed by atoms with Crippen LogP contribution in [-0.2, 0) is 4.79 Å². The van der Waals surface area contributed by atoms with E-state index in [1.807, 2.05) is 42.5 Å². The summed E-state index contributed by atoms with van der Waals surface area (Å²) in [6.45, 7) is 0.667. The van der Waals surface area contributed by atoms with E-state index in [1.165, 1.54) is 42.3 Å². The summed E-state index contributed by atoms with van der Waals surface area (Å²) in [4.78, 5) is 30.8.